The van der Waals surface area contributed by atoms with Crippen LogP contribution in [0.1, 0.15) is 34.8 Å². The third-order valence-corrected chi connectivity index (χ3v) is 6.51. The van der Waals surface area contributed by atoms with E-state index in [1.807, 2.05) is 25.2 Å². The fourth-order valence-electron chi connectivity index (χ4n) is 4.13. The van der Waals surface area contributed by atoms with E-state index in [0.29, 0.717) is 0 Å². The summed E-state index contributed by atoms with van der Waals surface area (Å²) in [6.45, 7) is 4.02. The number of hydrogen-bond donors (Lipinski definition) is 0. The lowest BCUT2D eigenvalue weighted by Gasteiger charge is -2.13. The highest BCUT2D eigenvalue weighted by Crippen LogP contribution is 2.42. The summed E-state index contributed by atoms with van der Waals surface area (Å²) in [5.41, 5.74) is 6.24. The molecule has 0 fully saturated rings. The van der Waals surface area contributed by atoms with Crippen molar-refractivity contribution in [3.63, 3.8) is 0 Å². The summed E-state index contributed by atoms with van der Waals surface area (Å²) in [6, 6.07) is 15.1. The minimum Gasteiger partial charge on any atom is -0.466 e. The molecular formula is C23H22ClNOS. The summed E-state index contributed by atoms with van der Waals surface area (Å²) in [4.78, 5) is 7.78. The maximum absolute atomic E-state index is 5.77. The minimum absolute atomic E-state index is 0. The number of benzene rings is 1. The SMILES string of the molecule is Cc1cc(-c2cc(-c3ccccc3)c3c4c(sc3n2)CCCC4)c(C)o1.Cl. The number of nitrogens with zero attached hydrogens (tertiary/aromatic N) is 1. The van der Waals surface area contributed by atoms with E-state index in [2.05, 4.69) is 42.5 Å². The van der Waals surface area contributed by atoms with Crippen molar-refractivity contribution >= 4 is 34.0 Å². The molecule has 0 radical (unpaired) electrons. The molecule has 27 heavy (non-hydrogen) atoms. The van der Waals surface area contributed by atoms with Crippen LogP contribution < -0.4 is 0 Å². The highest BCUT2D eigenvalue weighted by Gasteiger charge is 2.22. The Morgan fingerprint density at radius 1 is 0.963 bits per heavy atom. The van der Waals surface area contributed by atoms with Gasteiger partial charge in [0.1, 0.15) is 16.4 Å². The van der Waals surface area contributed by atoms with Crippen molar-refractivity contribution in [1.29, 1.82) is 0 Å². The van der Waals surface area contributed by atoms with Crippen molar-refractivity contribution in [2.24, 2.45) is 0 Å². The zero-order valence-corrected chi connectivity index (χ0v) is 17.2. The number of halogens is 1. The van der Waals surface area contributed by atoms with Crippen molar-refractivity contribution in [2.75, 3.05) is 0 Å². The molecule has 0 atom stereocenters. The van der Waals surface area contributed by atoms with Crippen LogP contribution in [0, 0.1) is 13.8 Å². The number of furan rings is 1. The Balaban J connectivity index is 0.00000180. The molecular weight excluding hydrogens is 374 g/mol. The second-order valence-corrected chi connectivity index (χ2v) is 8.22. The maximum atomic E-state index is 5.77. The number of rotatable bonds is 2. The zero-order valence-electron chi connectivity index (χ0n) is 15.5. The van der Waals surface area contributed by atoms with Crippen molar-refractivity contribution in [3.8, 4) is 22.4 Å². The van der Waals surface area contributed by atoms with Gasteiger partial charge in [-0.1, -0.05) is 30.3 Å². The Labute approximate surface area is 169 Å². The summed E-state index contributed by atoms with van der Waals surface area (Å²) in [6.07, 6.45) is 4.96. The Morgan fingerprint density at radius 2 is 1.74 bits per heavy atom. The molecule has 0 spiro atoms. The second kappa shape index (κ2) is 7.14. The molecule has 1 aliphatic rings. The van der Waals surface area contributed by atoms with Crippen LogP contribution >= 0.6 is 23.7 Å². The summed E-state index contributed by atoms with van der Waals surface area (Å²) >= 11 is 1.89. The largest absolute Gasteiger partial charge is 0.466 e. The molecule has 5 rings (SSSR count). The molecule has 4 aromatic rings. The molecule has 0 saturated heterocycles. The van der Waals surface area contributed by atoms with Crippen molar-refractivity contribution in [2.45, 2.75) is 39.5 Å². The molecule has 0 aliphatic heterocycles. The molecule has 1 aromatic carbocycles. The zero-order chi connectivity index (χ0) is 17.7. The highest BCUT2D eigenvalue weighted by molar-refractivity contribution is 7.19. The fourth-order valence-corrected chi connectivity index (χ4v) is 5.41. The summed E-state index contributed by atoms with van der Waals surface area (Å²) in [5, 5.41) is 1.37. The fraction of sp³-hybridized carbons (Fsp3) is 0.261. The van der Waals surface area contributed by atoms with Gasteiger partial charge >= 0.3 is 0 Å². The first kappa shape index (κ1) is 18.3. The van der Waals surface area contributed by atoms with Crippen molar-refractivity contribution in [3.05, 3.63) is 64.4 Å². The van der Waals surface area contributed by atoms with Gasteiger partial charge in [0.15, 0.2) is 0 Å². The van der Waals surface area contributed by atoms with Gasteiger partial charge in [-0.2, -0.15) is 0 Å². The van der Waals surface area contributed by atoms with Crippen molar-refractivity contribution < 1.29 is 4.42 Å². The molecule has 0 bridgehead atoms. The van der Waals surface area contributed by atoms with E-state index in [1.54, 1.807) is 0 Å². The summed E-state index contributed by atoms with van der Waals surface area (Å²) in [5.74, 6) is 1.88. The Morgan fingerprint density at radius 3 is 2.48 bits per heavy atom. The first-order valence-corrected chi connectivity index (χ1v) is 10.1. The van der Waals surface area contributed by atoms with E-state index in [-0.39, 0.29) is 12.4 Å². The number of pyridine rings is 1. The molecule has 0 N–H and O–H groups in total. The van der Waals surface area contributed by atoms with Gasteiger partial charge in [0.25, 0.3) is 0 Å². The highest BCUT2D eigenvalue weighted by atomic mass is 35.5. The molecule has 0 unspecified atom stereocenters. The first-order chi connectivity index (χ1) is 12.7. The minimum atomic E-state index is 0. The molecule has 2 nitrogen and oxygen atoms in total. The number of aryl methyl sites for hydroxylation is 4. The average Bonchev–Trinajstić information content (AvgIpc) is 3.20. The van der Waals surface area contributed by atoms with Gasteiger partial charge in [0.2, 0.25) is 0 Å². The van der Waals surface area contributed by atoms with Crippen LogP contribution in [0.25, 0.3) is 32.6 Å². The normalized spacial score (nSPS) is 13.4. The van der Waals surface area contributed by atoms with Crippen LogP contribution in [0.2, 0.25) is 0 Å². The standard InChI is InChI=1S/C23H21NOS.ClH/c1-14-12-18(15(2)25-14)20-13-19(16-8-4-3-5-9-16)22-17-10-6-7-11-21(17)26-23(22)24-20;/h3-5,8-9,12-13H,6-7,10-11H2,1-2H3;1H. The molecule has 0 amide bonds. The predicted molar refractivity (Wildman–Crippen MR) is 116 cm³/mol. The van der Waals surface area contributed by atoms with E-state index in [1.165, 1.54) is 57.5 Å². The van der Waals surface area contributed by atoms with Gasteiger partial charge in [-0.3, -0.25) is 0 Å². The van der Waals surface area contributed by atoms with Crippen LogP contribution in [0.3, 0.4) is 0 Å². The monoisotopic (exact) mass is 395 g/mol. The molecule has 1 aliphatic carbocycles. The lowest BCUT2D eigenvalue weighted by molar-refractivity contribution is 0.505. The number of hydrogen-bond acceptors (Lipinski definition) is 3. The second-order valence-electron chi connectivity index (χ2n) is 7.14. The van der Waals surface area contributed by atoms with Gasteiger partial charge in [-0.25, -0.2) is 4.98 Å². The quantitative estimate of drug-likeness (QED) is 0.360. The van der Waals surface area contributed by atoms with E-state index < -0.39 is 0 Å². The number of thiophene rings is 1. The van der Waals surface area contributed by atoms with Crippen LogP contribution in [0.15, 0.2) is 46.9 Å². The summed E-state index contributed by atoms with van der Waals surface area (Å²) in [7, 11) is 0. The third-order valence-electron chi connectivity index (χ3n) is 5.33. The number of aromatic nitrogens is 1. The lowest BCUT2D eigenvalue weighted by Crippen LogP contribution is -1.98. The first-order valence-electron chi connectivity index (χ1n) is 9.29. The summed E-state index contributed by atoms with van der Waals surface area (Å²) < 4.78 is 5.77. The Bertz CT molecular complexity index is 1110. The van der Waals surface area contributed by atoms with Gasteiger partial charge in [0, 0.05) is 15.8 Å². The van der Waals surface area contributed by atoms with Crippen LogP contribution in [-0.2, 0) is 12.8 Å². The van der Waals surface area contributed by atoms with Gasteiger partial charge in [-0.05, 0) is 68.4 Å². The predicted octanol–water partition coefficient (Wildman–Crippen LogP) is 7.14. The smallest absolute Gasteiger partial charge is 0.125 e. The molecule has 0 saturated carbocycles. The van der Waals surface area contributed by atoms with Crippen molar-refractivity contribution in [1.82, 2.24) is 4.98 Å². The van der Waals surface area contributed by atoms with E-state index in [9.17, 15) is 0 Å². The molecule has 4 heteroatoms. The third kappa shape index (κ3) is 3.09. The number of fused-ring (bicyclic) bond motifs is 3. The van der Waals surface area contributed by atoms with E-state index >= 15 is 0 Å². The van der Waals surface area contributed by atoms with E-state index in [0.717, 1.165) is 22.8 Å². The maximum Gasteiger partial charge on any atom is 0.125 e. The molecule has 3 heterocycles. The van der Waals surface area contributed by atoms with Crippen LogP contribution in [0.5, 0.6) is 0 Å². The van der Waals surface area contributed by atoms with Gasteiger partial charge < -0.3 is 4.42 Å². The average molecular weight is 396 g/mol. The molecule has 138 valence electrons. The topological polar surface area (TPSA) is 26.0 Å². The van der Waals surface area contributed by atoms with Crippen LogP contribution in [-0.4, -0.2) is 4.98 Å². The lowest BCUT2D eigenvalue weighted by atomic mass is 9.92. The molecule has 3 aromatic heterocycles. The van der Waals surface area contributed by atoms with Gasteiger partial charge in [-0.15, -0.1) is 23.7 Å². The van der Waals surface area contributed by atoms with Gasteiger partial charge in [0.05, 0.1) is 5.69 Å². The van der Waals surface area contributed by atoms with Crippen LogP contribution in [0.4, 0.5) is 0 Å². The Kier molecular flexibility index (Phi) is 4.83. The van der Waals surface area contributed by atoms with E-state index in [4.69, 9.17) is 9.40 Å². The Hall–Kier alpha value is -2.10.